The molecule has 0 unspecified atom stereocenters. The van der Waals surface area contributed by atoms with E-state index in [1.165, 1.54) is 12.8 Å². The minimum absolute atomic E-state index is 0.0385. The van der Waals surface area contributed by atoms with Crippen LogP contribution in [0.15, 0.2) is 30.7 Å². The van der Waals surface area contributed by atoms with Gasteiger partial charge in [-0.25, -0.2) is 4.98 Å². The van der Waals surface area contributed by atoms with E-state index in [4.69, 9.17) is 0 Å². The van der Waals surface area contributed by atoms with Gasteiger partial charge in [0.2, 0.25) is 5.91 Å². The zero-order valence-corrected chi connectivity index (χ0v) is 15.9. The number of amides is 1. The number of hydrogen-bond donors (Lipinski definition) is 2. The van der Waals surface area contributed by atoms with Crippen LogP contribution in [0.1, 0.15) is 49.8 Å². The number of nitrogens with zero attached hydrogens (tertiary/aromatic N) is 4. The Hall–Kier alpha value is -2.41. The van der Waals surface area contributed by atoms with E-state index in [-0.39, 0.29) is 18.0 Å². The molecule has 0 bridgehead atoms. The van der Waals surface area contributed by atoms with Crippen LogP contribution < -0.4 is 15.5 Å². The maximum Gasteiger partial charge on any atom is 0.220 e. The molecule has 2 aliphatic rings. The third-order valence-electron chi connectivity index (χ3n) is 5.55. The Kier molecular flexibility index (Phi) is 5.38. The smallest absolute Gasteiger partial charge is 0.220 e. The zero-order valence-electron chi connectivity index (χ0n) is 15.9. The van der Waals surface area contributed by atoms with E-state index in [1.54, 1.807) is 0 Å². The molecule has 2 aromatic rings. The maximum absolute atomic E-state index is 11.9. The van der Waals surface area contributed by atoms with Crippen molar-refractivity contribution in [2.75, 3.05) is 18.0 Å². The first kappa shape index (κ1) is 18.0. The Labute approximate surface area is 160 Å². The minimum Gasteiger partial charge on any atom is -0.357 e. The number of rotatable bonds is 6. The van der Waals surface area contributed by atoms with E-state index < -0.39 is 0 Å². The first-order chi connectivity index (χ1) is 13.2. The van der Waals surface area contributed by atoms with Crippen molar-refractivity contribution in [1.29, 1.82) is 0 Å². The molecule has 144 valence electrons. The lowest BCUT2D eigenvalue weighted by Gasteiger charge is -2.32. The topological polar surface area (TPSA) is 75.1 Å². The fourth-order valence-corrected chi connectivity index (χ4v) is 3.95. The normalized spacial score (nSPS) is 22.9. The highest BCUT2D eigenvalue weighted by Gasteiger charge is 2.30. The molecule has 2 fully saturated rings. The van der Waals surface area contributed by atoms with E-state index in [1.807, 2.05) is 23.3 Å². The zero-order chi connectivity index (χ0) is 18.6. The number of anilines is 1. The van der Waals surface area contributed by atoms with Gasteiger partial charge in [-0.3, -0.25) is 9.48 Å². The summed E-state index contributed by atoms with van der Waals surface area (Å²) in [5.41, 5.74) is 2.22. The molecule has 4 heterocycles. The number of aryl methyl sites for hydroxylation is 1. The van der Waals surface area contributed by atoms with Crippen molar-refractivity contribution in [2.45, 2.75) is 57.8 Å². The lowest BCUT2D eigenvalue weighted by molar-refractivity contribution is -0.123. The fourth-order valence-electron chi connectivity index (χ4n) is 3.95. The highest BCUT2D eigenvalue weighted by Crippen LogP contribution is 2.24. The van der Waals surface area contributed by atoms with Gasteiger partial charge in [0, 0.05) is 56.6 Å². The second-order valence-electron chi connectivity index (χ2n) is 7.42. The highest BCUT2D eigenvalue weighted by molar-refractivity contribution is 5.77. The van der Waals surface area contributed by atoms with Crippen LogP contribution in [-0.2, 0) is 17.9 Å². The molecule has 2 aliphatic heterocycles. The van der Waals surface area contributed by atoms with Gasteiger partial charge >= 0.3 is 0 Å². The molecular formula is C20H28N6O. The Balaban J connectivity index is 1.40. The van der Waals surface area contributed by atoms with Crippen molar-refractivity contribution in [3.05, 3.63) is 41.9 Å². The monoisotopic (exact) mass is 368 g/mol. The number of aromatic nitrogens is 3. The summed E-state index contributed by atoms with van der Waals surface area (Å²) in [7, 11) is 0. The van der Waals surface area contributed by atoms with Crippen molar-refractivity contribution in [1.82, 2.24) is 25.4 Å². The molecule has 27 heavy (non-hydrogen) atoms. The summed E-state index contributed by atoms with van der Waals surface area (Å²) >= 11 is 0. The Morgan fingerprint density at radius 3 is 2.81 bits per heavy atom. The van der Waals surface area contributed by atoms with Gasteiger partial charge in [0.25, 0.3) is 0 Å². The number of carbonyl (C=O) groups excluding carboxylic acids is 1. The SMILES string of the molecule is CCn1cc([C@@H]2NC(=O)CC[C@H]2NCc2ccc(N3CCCC3)nc2)cn1. The van der Waals surface area contributed by atoms with E-state index >= 15 is 0 Å². The van der Waals surface area contributed by atoms with Crippen LogP contribution in [0.25, 0.3) is 0 Å². The average molecular weight is 368 g/mol. The number of nitrogens with one attached hydrogen (secondary N) is 2. The van der Waals surface area contributed by atoms with Crippen LogP contribution in [0.2, 0.25) is 0 Å². The molecule has 1 amide bonds. The van der Waals surface area contributed by atoms with Gasteiger partial charge in [0.1, 0.15) is 5.82 Å². The van der Waals surface area contributed by atoms with Crippen LogP contribution in [0, 0.1) is 0 Å². The van der Waals surface area contributed by atoms with Crippen LogP contribution in [0.4, 0.5) is 5.82 Å². The molecule has 4 rings (SSSR count). The molecule has 2 N–H and O–H groups in total. The number of hydrogen-bond acceptors (Lipinski definition) is 5. The maximum atomic E-state index is 11.9. The van der Waals surface area contributed by atoms with Gasteiger partial charge in [0.15, 0.2) is 0 Å². The van der Waals surface area contributed by atoms with Crippen LogP contribution in [0.3, 0.4) is 0 Å². The first-order valence-corrected chi connectivity index (χ1v) is 9.98. The highest BCUT2D eigenvalue weighted by atomic mass is 16.1. The van der Waals surface area contributed by atoms with E-state index in [0.717, 1.165) is 49.5 Å². The van der Waals surface area contributed by atoms with Gasteiger partial charge in [-0.05, 0) is 37.8 Å². The number of pyridine rings is 1. The van der Waals surface area contributed by atoms with Crippen LogP contribution in [-0.4, -0.2) is 39.8 Å². The van der Waals surface area contributed by atoms with Crippen molar-refractivity contribution in [3.8, 4) is 0 Å². The van der Waals surface area contributed by atoms with Crippen molar-refractivity contribution in [3.63, 3.8) is 0 Å². The van der Waals surface area contributed by atoms with Gasteiger partial charge < -0.3 is 15.5 Å². The summed E-state index contributed by atoms with van der Waals surface area (Å²) in [4.78, 5) is 18.9. The predicted molar refractivity (Wildman–Crippen MR) is 104 cm³/mol. The van der Waals surface area contributed by atoms with E-state index in [2.05, 4.69) is 44.7 Å². The average Bonchev–Trinajstić information content (AvgIpc) is 3.39. The summed E-state index contributed by atoms with van der Waals surface area (Å²) in [5.74, 6) is 1.19. The molecule has 0 radical (unpaired) electrons. The quantitative estimate of drug-likeness (QED) is 0.816. The summed E-state index contributed by atoms with van der Waals surface area (Å²) in [6, 6.07) is 4.42. The van der Waals surface area contributed by atoms with Crippen molar-refractivity contribution in [2.24, 2.45) is 0 Å². The fraction of sp³-hybridized carbons (Fsp3) is 0.550. The minimum atomic E-state index is -0.0385. The van der Waals surface area contributed by atoms with Crippen molar-refractivity contribution >= 4 is 11.7 Å². The molecule has 2 saturated heterocycles. The Morgan fingerprint density at radius 1 is 1.26 bits per heavy atom. The Morgan fingerprint density at radius 2 is 2.11 bits per heavy atom. The lowest BCUT2D eigenvalue weighted by atomic mass is 9.93. The molecular weight excluding hydrogens is 340 g/mol. The third kappa shape index (κ3) is 4.13. The first-order valence-electron chi connectivity index (χ1n) is 9.98. The Bertz CT molecular complexity index is 765. The van der Waals surface area contributed by atoms with Crippen LogP contribution >= 0.6 is 0 Å². The van der Waals surface area contributed by atoms with Gasteiger partial charge in [-0.1, -0.05) is 6.07 Å². The summed E-state index contributed by atoms with van der Waals surface area (Å²) in [6.07, 6.45) is 9.75. The molecule has 7 heteroatoms. The molecule has 2 atom stereocenters. The number of piperidine rings is 1. The third-order valence-corrected chi connectivity index (χ3v) is 5.55. The summed E-state index contributed by atoms with van der Waals surface area (Å²) in [6.45, 7) is 5.85. The summed E-state index contributed by atoms with van der Waals surface area (Å²) in [5, 5.41) is 11.1. The van der Waals surface area contributed by atoms with E-state index in [9.17, 15) is 4.79 Å². The van der Waals surface area contributed by atoms with Crippen LogP contribution in [0.5, 0.6) is 0 Å². The van der Waals surface area contributed by atoms with Crippen molar-refractivity contribution < 1.29 is 4.79 Å². The molecule has 2 aromatic heterocycles. The molecule has 0 saturated carbocycles. The van der Waals surface area contributed by atoms with E-state index in [0.29, 0.717) is 6.42 Å². The lowest BCUT2D eigenvalue weighted by Crippen LogP contribution is -2.48. The second kappa shape index (κ2) is 8.08. The molecule has 0 aliphatic carbocycles. The molecule has 7 nitrogen and oxygen atoms in total. The van der Waals surface area contributed by atoms with Gasteiger partial charge in [0.05, 0.1) is 12.2 Å². The largest absolute Gasteiger partial charge is 0.357 e. The van der Waals surface area contributed by atoms with Gasteiger partial charge in [-0.15, -0.1) is 0 Å². The predicted octanol–water partition coefficient (Wildman–Crippen LogP) is 2.01. The summed E-state index contributed by atoms with van der Waals surface area (Å²) < 4.78 is 1.90. The number of carbonyl (C=O) groups is 1. The molecule has 0 aromatic carbocycles. The van der Waals surface area contributed by atoms with Gasteiger partial charge in [-0.2, -0.15) is 5.10 Å². The molecule has 0 spiro atoms. The second-order valence-corrected chi connectivity index (χ2v) is 7.42. The standard InChI is InChI=1S/C20H28N6O/c1-2-26-14-16(13-23-26)20-17(6-8-19(27)24-20)21-11-15-5-7-18(22-12-15)25-9-3-4-10-25/h5,7,12-14,17,20-21H,2-4,6,8-11H2,1H3,(H,24,27)/t17-,20+/m1/s1.